The summed E-state index contributed by atoms with van der Waals surface area (Å²) in [7, 11) is 0. The molecule has 0 spiro atoms. The van der Waals surface area contributed by atoms with Gasteiger partial charge in [-0.25, -0.2) is 4.39 Å². The maximum atomic E-state index is 13.1. The topological polar surface area (TPSA) is 52.7 Å². The number of hydrogen-bond donors (Lipinski definition) is 1. The molecule has 1 atom stereocenters. The Hall–Kier alpha value is -2.54. The molecule has 0 saturated carbocycles. The molecule has 0 radical (unpaired) electrons. The van der Waals surface area contributed by atoms with E-state index in [0.717, 1.165) is 10.6 Å². The molecule has 27 heavy (non-hydrogen) atoms. The van der Waals surface area contributed by atoms with Crippen molar-refractivity contribution >= 4 is 35.0 Å². The minimum Gasteiger partial charge on any atom is -0.368 e. The van der Waals surface area contributed by atoms with Crippen LogP contribution in [0.25, 0.3) is 0 Å². The molecule has 5 nitrogen and oxygen atoms in total. The van der Waals surface area contributed by atoms with E-state index in [1.165, 1.54) is 23.9 Å². The van der Waals surface area contributed by atoms with Crippen LogP contribution in [0.4, 0.5) is 15.8 Å². The molecule has 1 N–H and O–H groups in total. The number of amides is 2. The van der Waals surface area contributed by atoms with Crippen molar-refractivity contribution in [3.63, 3.8) is 0 Å². The number of carbonyl (C=O) groups excluding carboxylic acids is 2. The summed E-state index contributed by atoms with van der Waals surface area (Å²) in [6.07, 6.45) is 0. The van der Waals surface area contributed by atoms with Gasteiger partial charge in [-0.2, -0.15) is 0 Å². The van der Waals surface area contributed by atoms with Crippen LogP contribution in [0, 0.1) is 5.82 Å². The fourth-order valence-corrected chi connectivity index (χ4v) is 4.27. The standard InChI is InChI=1S/C20H20FN3O2S/c1-13-19(25)22-17-12-14(2-7-18(17)27-13)20(26)24-10-8-23(9-11-24)16-5-3-15(21)4-6-16/h2-7,12-13H,8-11H2,1H3,(H,22,25). The number of rotatable bonds is 2. The highest BCUT2D eigenvalue weighted by atomic mass is 32.2. The first-order chi connectivity index (χ1) is 13.0. The first kappa shape index (κ1) is 17.9. The van der Waals surface area contributed by atoms with Gasteiger partial charge in [-0.3, -0.25) is 9.59 Å². The van der Waals surface area contributed by atoms with E-state index in [1.807, 2.05) is 24.0 Å². The van der Waals surface area contributed by atoms with E-state index in [0.29, 0.717) is 37.4 Å². The van der Waals surface area contributed by atoms with Crippen LogP contribution in [0.5, 0.6) is 0 Å². The Labute approximate surface area is 161 Å². The van der Waals surface area contributed by atoms with E-state index in [-0.39, 0.29) is 22.9 Å². The molecule has 0 bridgehead atoms. The van der Waals surface area contributed by atoms with Crippen LogP contribution in [0.15, 0.2) is 47.4 Å². The molecule has 2 aromatic rings. The van der Waals surface area contributed by atoms with Crippen molar-refractivity contribution < 1.29 is 14.0 Å². The lowest BCUT2D eigenvalue weighted by Gasteiger charge is -2.36. The third-order valence-corrected chi connectivity index (χ3v) is 6.09. The van der Waals surface area contributed by atoms with Crippen molar-refractivity contribution in [1.29, 1.82) is 0 Å². The van der Waals surface area contributed by atoms with Crippen LogP contribution in [0.2, 0.25) is 0 Å². The molecule has 4 rings (SSSR count). The van der Waals surface area contributed by atoms with Gasteiger partial charge in [0.1, 0.15) is 5.82 Å². The zero-order valence-corrected chi connectivity index (χ0v) is 15.8. The Morgan fingerprint density at radius 2 is 1.81 bits per heavy atom. The molecular weight excluding hydrogens is 365 g/mol. The lowest BCUT2D eigenvalue weighted by Crippen LogP contribution is -2.48. The lowest BCUT2D eigenvalue weighted by atomic mass is 10.1. The Balaban J connectivity index is 1.43. The number of fused-ring (bicyclic) bond motifs is 1. The van der Waals surface area contributed by atoms with Crippen molar-refractivity contribution in [2.24, 2.45) is 0 Å². The van der Waals surface area contributed by atoms with E-state index in [9.17, 15) is 14.0 Å². The zero-order chi connectivity index (χ0) is 19.0. The summed E-state index contributed by atoms with van der Waals surface area (Å²) in [5.41, 5.74) is 2.25. The Bertz CT molecular complexity index is 879. The van der Waals surface area contributed by atoms with Crippen molar-refractivity contribution in [2.75, 3.05) is 36.4 Å². The van der Waals surface area contributed by atoms with E-state index in [1.54, 1.807) is 18.2 Å². The van der Waals surface area contributed by atoms with Gasteiger partial charge in [0.15, 0.2) is 0 Å². The number of nitrogens with zero attached hydrogens (tertiary/aromatic N) is 2. The number of thioether (sulfide) groups is 1. The quantitative estimate of drug-likeness (QED) is 0.863. The molecular formula is C20H20FN3O2S. The zero-order valence-electron chi connectivity index (χ0n) is 14.9. The average molecular weight is 385 g/mol. The SMILES string of the molecule is CC1Sc2ccc(C(=O)N3CCN(c4ccc(F)cc4)CC3)cc2NC1=O. The first-order valence-electron chi connectivity index (χ1n) is 8.92. The lowest BCUT2D eigenvalue weighted by molar-refractivity contribution is -0.115. The fraction of sp³-hybridized carbons (Fsp3) is 0.300. The van der Waals surface area contributed by atoms with Gasteiger partial charge in [0.25, 0.3) is 5.91 Å². The summed E-state index contributed by atoms with van der Waals surface area (Å²) in [5, 5.41) is 2.75. The van der Waals surface area contributed by atoms with Gasteiger partial charge in [0, 0.05) is 42.3 Å². The summed E-state index contributed by atoms with van der Waals surface area (Å²) in [5.74, 6) is -0.320. The number of carbonyl (C=O) groups is 2. The van der Waals surface area contributed by atoms with Crippen LogP contribution >= 0.6 is 11.8 Å². The summed E-state index contributed by atoms with van der Waals surface area (Å²) >= 11 is 1.50. The second kappa shape index (κ2) is 7.23. The molecule has 2 aliphatic rings. The predicted molar refractivity (Wildman–Crippen MR) is 105 cm³/mol. The maximum Gasteiger partial charge on any atom is 0.254 e. The molecule has 7 heteroatoms. The number of nitrogens with one attached hydrogen (secondary N) is 1. The highest BCUT2D eigenvalue weighted by Crippen LogP contribution is 2.36. The van der Waals surface area contributed by atoms with Crippen molar-refractivity contribution in [1.82, 2.24) is 4.90 Å². The Kier molecular flexibility index (Phi) is 4.78. The maximum absolute atomic E-state index is 13.1. The van der Waals surface area contributed by atoms with E-state index >= 15 is 0 Å². The van der Waals surface area contributed by atoms with Gasteiger partial charge in [-0.05, 0) is 49.4 Å². The molecule has 1 unspecified atom stereocenters. The average Bonchev–Trinajstić information content (AvgIpc) is 2.69. The fourth-order valence-electron chi connectivity index (χ4n) is 3.34. The van der Waals surface area contributed by atoms with Gasteiger partial charge < -0.3 is 15.1 Å². The summed E-state index contributed by atoms with van der Waals surface area (Å²) < 4.78 is 13.1. The van der Waals surface area contributed by atoms with Gasteiger partial charge >= 0.3 is 0 Å². The van der Waals surface area contributed by atoms with Crippen molar-refractivity contribution in [2.45, 2.75) is 17.1 Å². The van der Waals surface area contributed by atoms with Gasteiger partial charge in [-0.15, -0.1) is 11.8 Å². The molecule has 140 valence electrons. The monoisotopic (exact) mass is 385 g/mol. The van der Waals surface area contributed by atoms with E-state index < -0.39 is 0 Å². The smallest absolute Gasteiger partial charge is 0.254 e. The van der Waals surface area contributed by atoms with Gasteiger partial charge in [0.05, 0.1) is 10.9 Å². The summed E-state index contributed by atoms with van der Waals surface area (Å²) in [4.78, 5) is 29.7. The predicted octanol–water partition coefficient (Wildman–Crippen LogP) is 3.22. The van der Waals surface area contributed by atoms with E-state index in [2.05, 4.69) is 10.2 Å². The minimum atomic E-state index is -0.250. The van der Waals surface area contributed by atoms with Crippen LogP contribution in [0.1, 0.15) is 17.3 Å². The molecule has 2 aliphatic heterocycles. The Morgan fingerprint density at radius 3 is 2.52 bits per heavy atom. The van der Waals surface area contributed by atoms with Crippen LogP contribution in [-0.2, 0) is 4.79 Å². The molecule has 0 aromatic heterocycles. The largest absolute Gasteiger partial charge is 0.368 e. The van der Waals surface area contributed by atoms with Gasteiger partial charge in [0.2, 0.25) is 5.91 Å². The number of piperazine rings is 1. The molecule has 2 aromatic carbocycles. The molecule has 1 saturated heterocycles. The number of halogens is 1. The second-order valence-corrected chi connectivity index (χ2v) is 8.10. The first-order valence-corrected chi connectivity index (χ1v) is 9.80. The highest BCUT2D eigenvalue weighted by molar-refractivity contribution is 8.00. The molecule has 0 aliphatic carbocycles. The minimum absolute atomic E-state index is 0.0329. The number of benzene rings is 2. The van der Waals surface area contributed by atoms with Crippen LogP contribution in [0.3, 0.4) is 0 Å². The van der Waals surface area contributed by atoms with Crippen molar-refractivity contribution in [3.8, 4) is 0 Å². The highest BCUT2D eigenvalue weighted by Gasteiger charge is 2.26. The normalized spacial score (nSPS) is 19.5. The summed E-state index contributed by atoms with van der Waals surface area (Å²) in [6, 6.07) is 11.9. The third kappa shape index (κ3) is 3.64. The van der Waals surface area contributed by atoms with Crippen LogP contribution < -0.4 is 10.2 Å². The van der Waals surface area contributed by atoms with Crippen LogP contribution in [-0.4, -0.2) is 48.1 Å². The Morgan fingerprint density at radius 1 is 1.11 bits per heavy atom. The number of hydrogen-bond acceptors (Lipinski definition) is 4. The molecule has 1 fully saturated rings. The number of anilines is 2. The van der Waals surface area contributed by atoms with Crippen molar-refractivity contribution in [3.05, 3.63) is 53.8 Å². The molecule has 2 heterocycles. The summed E-state index contributed by atoms with van der Waals surface area (Å²) in [6.45, 7) is 4.47. The van der Waals surface area contributed by atoms with Gasteiger partial charge in [-0.1, -0.05) is 0 Å². The van der Waals surface area contributed by atoms with E-state index in [4.69, 9.17) is 0 Å². The second-order valence-electron chi connectivity index (χ2n) is 6.72. The molecule has 2 amide bonds. The third-order valence-electron chi connectivity index (χ3n) is 4.92.